The maximum absolute atomic E-state index is 12.7. The summed E-state index contributed by atoms with van der Waals surface area (Å²) < 4.78 is 25.4. The van der Waals surface area contributed by atoms with Gasteiger partial charge in [-0.3, -0.25) is 0 Å². The van der Waals surface area contributed by atoms with E-state index in [0.29, 0.717) is 16.5 Å². The Balaban J connectivity index is 2.51. The number of nitrogens with zero attached hydrogens (tertiary/aromatic N) is 2. The summed E-state index contributed by atoms with van der Waals surface area (Å²) in [5.74, 6) is 0.586. The van der Waals surface area contributed by atoms with Crippen molar-refractivity contribution in [1.29, 1.82) is 0 Å². The summed E-state index contributed by atoms with van der Waals surface area (Å²) in [5, 5.41) is 0.380. The van der Waals surface area contributed by atoms with Crippen molar-refractivity contribution in [2.75, 3.05) is 0 Å². The minimum Gasteiger partial charge on any atom is -0.233 e. The van der Waals surface area contributed by atoms with Crippen molar-refractivity contribution in [1.82, 2.24) is 9.97 Å². The highest BCUT2D eigenvalue weighted by molar-refractivity contribution is 6.30. The molecule has 0 amide bonds. The number of hydrogen-bond acceptors (Lipinski definition) is 2. The first-order valence-corrected chi connectivity index (χ1v) is 6.70. The van der Waals surface area contributed by atoms with Crippen LogP contribution in [0.4, 0.5) is 8.78 Å². The quantitative estimate of drug-likeness (QED) is 0.731. The average Bonchev–Trinajstić information content (AvgIpc) is 2.37. The third-order valence-electron chi connectivity index (χ3n) is 3.06. The molecule has 2 rings (SSSR count). The van der Waals surface area contributed by atoms with Gasteiger partial charge in [-0.05, 0) is 18.9 Å². The molecule has 0 bridgehead atoms. The average molecular weight is 297 g/mol. The van der Waals surface area contributed by atoms with Gasteiger partial charge in [-0.15, -0.1) is 0 Å². The molecule has 1 heterocycles. The van der Waals surface area contributed by atoms with Gasteiger partial charge in [-0.2, -0.15) is 0 Å². The third-order valence-corrected chi connectivity index (χ3v) is 3.35. The molecule has 0 fully saturated rings. The molecule has 20 heavy (non-hydrogen) atoms. The molecule has 0 aliphatic rings. The molecule has 0 saturated carbocycles. The molecule has 106 valence electrons. The first-order chi connectivity index (χ1) is 9.40. The highest BCUT2D eigenvalue weighted by Gasteiger charge is 2.15. The molecule has 0 radical (unpaired) electrons. The van der Waals surface area contributed by atoms with Gasteiger partial charge >= 0.3 is 0 Å². The normalized spacial score (nSPS) is 11.4. The summed E-state index contributed by atoms with van der Waals surface area (Å²) in [5.41, 5.74) is 2.16. The van der Waals surface area contributed by atoms with E-state index in [0.717, 1.165) is 11.3 Å². The van der Waals surface area contributed by atoms with Crippen LogP contribution in [-0.2, 0) is 0 Å². The molecule has 2 nitrogen and oxygen atoms in total. The summed E-state index contributed by atoms with van der Waals surface area (Å²) in [4.78, 5) is 8.62. The third kappa shape index (κ3) is 2.96. The van der Waals surface area contributed by atoms with Crippen LogP contribution >= 0.6 is 11.6 Å². The van der Waals surface area contributed by atoms with Gasteiger partial charge in [0.1, 0.15) is 5.15 Å². The molecule has 0 unspecified atom stereocenters. The van der Waals surface area contributed by atoms with Crippen molar-refractivity contribution in [3.63, 3.8) is 0 Å². The maximum Gasteiger partial charge on any atom is 0.263 e. The Morgan fingerprint density at radius 3 is 2.40 bits per heavy atom. The van der Waals surface area contributed by atoms with E-state index in [-0.39, 0.29) is 11.5 Å². The number of benzene rings is 1. The Labute approximate surface area is 121 Å². The lowest BCUT2D eigenvalue weighted by atomic mass is 10.0. The fourth-order valence-corrected chi connectivity index (χ4v) is 2.58. The van der Waals surface area contributed by atoms with Crippen molar-refractivity contribution in [2.45, 2.75) is 33.1 Å². The van der Waals surface area contributed by atoms with Crippen LogP contribution in [-0.4, -0.2) is 9.97 Å². The van der Waals surface area contributed by atoms with Crippen molar-refractivity contribution < 1.29 is 8.78 Å². The highest BCUT2D eigenvalue weighted by atomic mass is 35.5. The van der Waals surface area contributed by atoms with Gasteiger partial charge in [-0.1, -0.05) is 43.6 Å². The van der Waals surface area contributed by atoms with E-state index in [9.17, 15) is 8.78 Å². The van der Waals surface area contributed by atoms with Gasteiger partial charge in [0.2, 0.25) is 0 Å². The molecule has 0 N–H and O–H groups in total. The highest BCUT2D eigenvalue weighted by Crippen LogP contribution is 2.29. The van der Waals surface area contributed by atoms with Crippen LogP contribution in [0.25, 0.3) is 11.4 Å². The first kappa shape index (κ1) is 14.9. The molecular formula is C15H15ClF2N2. The predicted octanol–water partition coefficient (Wildman–Crippen LogP) is 5.17. The lowest BCUT2D eigenvalue weighted by Crippen LogP contribution is -2.02. The summed E-state index contributed by atoms with van der Waals surface area (Å²) in [6, 6.07) is 6.04. The fraction of sp³-hybridized carbons (Fsp3) is 0.333. The summed E-state index contributed by atoms with van der Waals surface area (Å²) >= 11 is 6.18. The van der Waals surface area contributed by atoms with Crippen LogP contribution < -0.4 is 0 Å². The zero-order valence-corrected chi connectivity index (χ0v) is 12.2. The van der Waals surface area contributed by atoms with Crippen molar-refractivity contribution in [2.24, 2.45) is 0 Å². The first-order valence-electron chi connectivity index (χ1n) is 6.32. The molecule has 2 aromatic rings. The van der Waals surface area contributed by atoms with Crippen LogP contribution in [0.5, 0.6) is 0 Å². The minimum atomic E-state index is -2.51. The van der Waals surface area contributed by atoms with Crippen LogP contribution in [0.15, 0.2) is 24.3 Å². The Bertz CT molecular complexity index is 604. The van der Waals surface area contributed by atoms with Gasteiger partial charge in [-0.25, -0.2) is 18.7 Å². The SMILES string of the molecule is Cc1nc(-c2cccc(C(F)F)c2)nc(Cl)c1C(C)C. The lowest BCUT2D eigenvalue weighted by Gasteiger charge is -2.12. The number of aromatic nitrogens is 2. The van der Waals surface area contributed by atoms with Crippen LogP contribution in [0.2, 0.25) is 5.15 Å². The molecule has 0 aliphatic carbocycles. The van der Waals surface area contributed by atoms with Crippen LogP contribution in [0.1, 0.15) is 43.0 Å². The van der Waals surface area contributed by atoms with E-state index >= 15 is 0 Å². The van der Waals surface area contributed by atoms with E-state index in [1.807, 2.05) is 20.8 Å². The van der Waals surface area contributed by atoms with Crippen molar-refractivity contribution >= 4 is 11.6 Å². The van der Waals surface area contributed by atoms with Crippen LogP contribution in [0, 0.1) is 6.92 Å². The number of alkyl halides is 2. The van der Waals surface area contributed by atoms with Gasteiger partial charge in [0.15, 0.2) is 5.82 Å². The zero-order chi connectivity index (χ0) is 14.9. The standard InChI is InChI=1S/C15H15ClF2N2/c1-8(2)12-9(3)19-15(20-13(12)16)11-6-4-5-10(7-11)14(17)18/h4-8,14H,1-3H3. The lowest BCUT2D eigenvalue weighted by molar-refractivity contribution is 0.151. The molecule has 0 atom stereocenters. The Morgan fingerprint density at radius 2 is 1.85 bits per heavy atom. The van der Waals surface area contributed by atoms with Crippen LogP contribution in [0.3, 0.4) is 0 Å². The molecular weight excluding hydrogens is 282 g/mol. The molecule has 0 spiro atoms. The second kappa shape index (κ2) is 5.83. The van der Waals surface area contributed by atoms with Gasteiger partial charge in [0, 0.05) is 22.4 Å². The minimum absolute atomic E-state index is 0.0483. The smallest absolute Gasteiger partial charge is 0.233 e. The summed E-state index contributed by atoms with van der Waals surface area (Å²) in [6.45, 7) is 5.87. The van der Waals surface area contributed by atoms with Crippen molar-refractivity contribution in [3.8, 4) is 11.4 Å². The van der Waals surface area contributed by atoms with E-state index < -0.39 is 6.43 Å². The predicted molar refractivity (Wildman–Crippen MR) is 76.3 cm³/mol. The Kier molecular flexibility index (Phi) is 4.33. The Hall–Kier alpha value is -1.55. The van der Waals surface area contributed by atoms with Gasteiger partial charge in [0.25, 0.3) is 6.43 Å². The topological polar surface area (TPSA) is 25.8 Å². The van der Waals surface area contributed by atoms with Crippen molar-refractivity contribution in [3.05, 3.63) is 46.2 Å². The maximum atomic E-state index is 12.7. The summed E-state index contributed by atoms with van der Waals surface area (Å²) in [6.07, 6.45) is -2.51. The number of aryl methyl sites for hydroxylation is 1. The van der Waals surface area contributed by atoms with Gasteiger partial charge in [0.05, 0.1) is 0 Å². The molecule has 1 aromatic carbocycles. The van der Waals surface area contributed by atoms with E-state index in [4.69, 9.17) is 11.6 Å². The second-order valence-electron chi connectivity index (χ2n) is 4.92. The second-order valence-corrected chi connectivity index (χ2v) is 5.28. The molecule has 0 aliphatic heterocycles. The van der Waals surface area contributed by atoms with Gasteiger partial charge < -0.3 is 0 Å². The summed E-state index contributed by atoms with van der Waals surface area (Å²) in [7, 11) is 0. The van der Waals surface area contributed by atoms with E-state index in [1.165, 1.54) is 12.1 Å². The number of rotatable bonds is 3. The van der Waals surface area contributed by atoms with E-state index in [1.54, 1.807) is 12.1 Å². The monoisotopic (exact) mass is 296 g/mol. The number of halogens is 3. The zero-order valence-electron chi connectivity index (χ0n) is 11.5. The van der Waals surface area contributed by atoms with E-state index in [2.05, 4.69) is 9.97 Å². The number of hydrogen-bond donors (Lipinski definition) is 0. The molecule has 1 aromatic heterocycles. The molecule has 5 heteroatoms. The molecule has 0 saturated heterocycles. The largest absolute Gasteiger partial charge is 0.263 e. The fourth-order valence-electron chi connectivity index (χ4n) is 2.15. The Morgan fingerprint density at radius 1 is 1.15 bits per heavy atom.